The van der Waals surface area contributed by atoms with Crippen molar-refractivity contribution in [3.63, 3.8) is 0 Å². The number of carboxylic acid groups (broad SMARTS) is 2. The Morgan fingerprint density at radius 1 is 1.08 bits per heavy atom. The summed E-state index contributed by atoms with van der Waals surface area (Å²) in [4.78, 5) is 47.5. The molecule has 1 saturated heterocycles. The number of carbonyl (C=O) groups excluding carboxylic acids is 2. The van der Waals surface area contributed by atoms with Crippen LogP contribution in [0.4, 0.5) is 0 Å². The predicted octanol–water partition coefficient (Wildman–Crippen LogP) is 1.92. The number of cyclic esters (lactones) is 2. The van der Waals surface area contributed by atoms with Gasteiger partial charge in [-0.1, -0.05) is 44.2 Å². The number of hydrogen-bond donors (Lipinski definition) is 2. The molecular weight excluding hydrogens is 328 g/mol. The van der Waals surface area contributed by atoms with E-state index < -0.39 is 53.5 Å². The molecule has 2 N–H and O–H groups in total. The zero-order valence-electron chi connectivity index (χ0n) is 13.9. The summed E-state index contributed by atoms with van der Waals surface area (Å²) in [6.45, 7) is 3.14. The maximum Gasteiger partial charge on any atom is 0.318 e. The van der Waals surface area contributed by atoms with E-state index in [1.54, 1.807) is 37.3 Å². The van der Waals surface area contributed by atoms with Gasteiger partial charge in [-0.3, -0.25) is 19.2 Å². The summed E-state index contributed by atoms with van der Waals surface area (Å²) < 4.78 is 4.53. The van der Waals surface area contributed by atoms with E-state index in [1.807, 2.05) is 0 Å². The Kier molecular flexibility index (Phi) is 5.56. The van der Waals surface area contributed by atoms with Gasteiger partial charge >= 0.3 is 23.9 Å². The Hall–Kier alpha value is -2.70. The van der Waals surface area contributed by atoms with Crippen LogP contribution in [0.3, 0.4) is 0 Å². The molecule has 0 amide bonds. The Balaban J connectivity index is 2.51. The van der Waals surface area contributed by atoms with E-state index >= 15 is 0 Å². The van der Waals surface area contributed by atoms with Crippen LogP contribution in [0, 0.1) is 23.7 Å². The first-order valence-electron chi connectivity index (χ1n) is 8.05. The van der Waals surface area contributed by atoms with Gasteiger partial charge in [0.25, 0.3) is 0 Å². The lowest BCUT2D eigenvalue weighted by Gasteiger charge is -2.31. The number of rotatable bonds is 7. The highest BCUT2D eigenvalue weighted by atomic mass is 16.6. The molecule has 0 radical (unpaired) electrons. The maximum atomic E-state index is 12.0. The fraction of sp³-hybridized carbons (Fsp3) is 0.444. The highest BCUT2D eigenvalue weighted by Gasteiger charge is 2.54. The number of carbonyl (C=O) groups is 4. The van der Waals surface area contributed by atoms with Crippen molar-refractivity contribution in [2.45, 2.75) is 26.2 Å². The van der Waals surface area contributed by atoms with E-state index in [4.69, 9.17) is 0 Å². The number of hydrogen-bond acceptors (Lipinski definition) is 5. The Morgan fingerprint density at radius 3 is 2.08 bits per heavy atom. The van der Waals surface area contributed by atoms with Crippen molar-refractivity contribution in [3.05, 3.63) is 35.9 Å². The van der Waals surface area contributed by atoms with E-state index in [1.165, 1.54) is 6.92 Å². The quantitative estimate of drug-likeness (QED) is 0.571. The third-order valence-corrected chi connectivity index (χ3v) is 4.83. The van der Waals surface area contributed by atoms with Crippen LogP contribution < -0.4 is 0 Å². The molecule has 1 aromatic rings. The summed E-state index contributed by atoms with van der Waals surface area (Å²) >= 11 is 0. The van der Waals surface area contributed by atoms with Gasteiger partial charge in [0.2, 0.25) is 0 Å². The SMILES string of the molecule is CCC(c1ccccc1)C(C(=O)O)C(C(=O)O)C1C(=O)OC(=O)C1C. The first-order valence-corrected chi connectivity index (χ1v) is 8.05. The van der Waals surface area contributed by atoms with Gasteiger partial charge in [0, 0.05) is 0 Å². The molecule has 7 nitrogen and oxygen atoms in total. The standard InChI is InChI=1S/C18H20O7/c1-3-11(10-7-5-4-6-8-10)13(15(19)20)14(16(21)22)12-9(2)17(23)25-18(12)24/h4-9,11-14H,3H2,1-2H3,(H,19,20)(H,21,22). The molecule has 1 aliphatic rings. The second-order valence-electron chi connectivity index (χ2n) is 6.21. The van der Waals surface area contributed by atoms with E-state index in [2.05, 4.69) is 4.74 Å². The molecule has 1 aromatic carbocycles. The number of carboxylic acids is 2. The van der Waals surface area contributed by atoms with E-state index in [-0.39, 0.29) is 0 Å². The van der Waals surface area contributed by atoms with Crippen LogP contribution in [0.25, 0.3) is 0 Å². The molecule has 0 aliphatic carbocycles. The van der Waals surface area contributed by atoms with Crippen molar-refractivity contribution in [3.8, 4) is 0 Å². The lowest BCUT2D eigenvalue weighted by molar-refractivity contribution is -0.162. The van der Waals surface area contributed by atoms with Gasteiger partial charge in [0.05, 0.1) is 23.7 Å². The lowest BCUT2D eigenvalue weighted by Crippen LogP contribution is -2.42. The second kappa shape index (κ2) is 7.46. The molecule has 5 atom stereocenters. The highest BCUT2D eigenvalue weighted by molar-refractivity contribution is 5.99. The minimum atomic E-state index is -1.56. The molecule has 1 aliphatic heterocycles. The van der Waals surface area contributed by atoms with Crippen LogP contribution in [0.1, 0.15) is 31.7 Å². The first kappa shape index (κ1) is 18.6. The van der Waals surface area contributed by atoms with Crippen molar-refractivity contribution in [2.24, 2.45) is 23.7 Å². The van der Waals surface area contributed by atoms with Crippen molar-refractivity contribution in [1.29, 1.82) is 0 Å². The maximum absolute atomic E-state index is 12.0. The summed E-state index contributed by atoms with van der Waals surface area (Å²) in [5.74, 6) is -10.4. The summed E-state index contributed by atoms with van der Waals surface area (Å²) in [5.41, 5.74) is 0.675. The molecule has 0 aromatic heterocycles. The van der Waals surface area contributed by atoms with Gasteiger partial charge in [-0.05, 0) is 17.9 Å². The monoisotopic (exact) mass is 348 g/mol. The zero-order chi connectivity index (χ0) is 18.7. The summed E-state index contributed by atoms with van der Waals surface area (Å²) in [6.07, 6.45) is 0.370. The molecular formula is C18H20O7. The fourth-order valence-electron chi connectivity index (χ4n) is 3.57. The Labute approximate surface area is 144 Å². The van der Waals surface area contributed by atoms with Crippen LogP contribution in [0.15, 0.2) is 30.3 Å². The zero-order valence-corrected chi connectivity index (χ0v) is 13.9. The van der Waals surface area contributed by atoms with Gasteiger partial charge in [0.1, 0.15) is 0 Å². The molecule has 7 heteroatoms. The van der Waals surface area contributed by atoms with Gasteiger partial charge in [-0.25, -0.2) is 0 Å². The summed E-state index contributed by atoms with van der Waals surface area (Å²) in [7, 11) is 0. The summed E-state index contributed by atoms with van der Waals surface area (Å²) in [5, 5.41) is 19.4. The van der Waals surface area contributed by atoms with Crippen molar-refractivity contribution >= 4 is 23.9 Å². The molecule has 2 rings (SSSR count). The Bertz CT molecular complexity index is 682. The van der Waals surface area contributed by atoms with Gasteiger partial charge < -0.3 is 14.9 Å². The van der Waals surface area contributed by atoms with Crippen LogP contribution in [0.2, 0.25) is 0 Å². The Morgan fingerprint density at radius 2 is 1.68 bits per heavy atom. The minimum Gasteiger partial charge on any atom is -0.481 e. The predicted molar refractivity (Wildman–Crippen MR) is 85.5 cm³/mol. The smallest absolute Gasteiger partial charge is 0.318 e. The second-order valence-corrected chi connectivity index (χ2v) is 6.21. The van der Waals surface area contributed by atoms with Gasteiger partial charge in [-0.2, -0.15) is 0 Å². The number of benzene rings is 1. The minimum absolute atomic E-state index is 0.370. The largest absolute Gasteiger partial charge is 0.481 e. The number of esters is 2. The number of aliphatic carboxylic acids is 2. The van der Waals surface area contributed by atoms with E-state index in [9.17, 15) is 29.4 Å². The normalized spacial score (nSPS) is 23.6. The average Bonchev–Trinajstić information content (AvgIpc) is 2.81. The molecule has 1 fully saturated rings. The summed E-state index contributed by atoms with van der Waals surface area (Å²) in [6, 6.07) is 8.70. The average molecular weight is 348 g/mol. The van der Waals surface area contributed by atoms with Gasteiger partial charge in [0.15, 0.2) is 0 Å². The van der Waals surface area contributed by atoms with E-state index in [0.717, 1.165) is 0 Å². The third-order valence-electron chi connectivity index (χ3n) is 4.83. The molecule has 134 valence electrons. The molecule has 1 heterocycles. The highest BCUT2D eigenvalue weighted by Crippen LogP contribution is 2.41. The first-order chi connectivity index (χ1) is 11.8. The van der Waals surface area contributed by atoms with Gasteiger partial charge in [-0.15, -0.1) is 0 Å². The van der Waals surface area contributed by atoms with Crippen molar-refractivity contribution in [1.82, 2.24) is 0 Å². The topological polar surface area (TPSA) is 118 Å². The van der Waals surface area contributed by atoms with E-state index in [0.29, 0.717) is 12.0 Å². The lowest BCUT2D eigenvalue weighted by atomic mass is 9.69. The molecule has 5 unspecified atom stereocenters. The van der Waals surface area contributed by atoms with Crippen LogP contribution in [-0.2, 0) is 23.9 Å². The van der Waals surface area contributed by atoms with Crippen LogP contribution >= 0.6 is 0 Å². The molecule has 0 bridgehead atoms. The molecule has 25 heavy (non-hydrogen) atoms. The van der Waals surface area contributed by atoms with Crippen molar-refractivity contribution < 1.29 is 34.1 Å². The van der Waals surface area contributed by atoms with Crippen molar-refractivity contribution in [2.75, 3.05) is 0 Å². The number of ether oxygens (including phenoxy) is 1. The molecule has 0 spiro atoms. The third kappa shape index (κ3) is 3.55. The molecule has 0 saturated carbocycles. The van der Waals surface area contributed by atoms with Crippen LogP contribution in [-0.4, -0.2) is 34.1 Å². The fourth-order valence-corrected chi connectivity index (χ4v) is 3.57. The van der Waals surface area contributed by atoms with Crippen LogP contribution in [0.5, 0.6) is 0 Å².